The molecule has 0 aliphatic heterocycles. The lowest BCUT2D eigenvalue weighted by Crippen LogP contribution is -2.29. The number of urea groups is 1. The number of benzene rings is 2. The first kappa shape index (κ1) is 26.5. The van der Waals surface area contributed by atoms with Gasteiger partial charge in [0, 0.05) is 47.5 Å². The van der Waals surface area contributed by atoms with E-state index in [4.69, 9.17) is 4.74 Å². The van der Waals surface area contributed by atoms with Gasteiger partial charge in [-0.1, -0.05) is 37.6 Å². The molecule has 0 saturated heterocycles. The summed E-state index contributed by atoms with van der Waals surface area (Å²) in [5.41, 5.74) is 3.88. The Morgan fingerprint density at radius 3 is 2.47 bits per heavy atom. The standard InChI is InChI=1S/C30H32N4O4/c1-4-5-15-34-16-13-24(25-17-23(11-12-26(25)35)38-19-22-10-7-14-31-18-22)28(29(34)36)33-30(37)32-27-20(2)8-6-9-21(27)3/h6-14,16-18,35H,4-5,15,19H2,1-3H3,(H2,32,33,37). The molecule has 4 rings (SSSR count). The largest absolute Gasteiger partial charge is 0.507 e. The third kappa shape index (κ3) is 6.21. The number of unbranched alkanes of at least 4 members (excludes halogenated alkanes) is 1. The highest BCUT2D eigenvalue weighted by Gasteiger charge is 2.19. The Morgan fingerprint density at radius 1 is 1.00 bits per heavy atom. The number of amides is 2. The topological polar surface area (TPSA) is 105 Å². The first-order chi connectivity index (χ1) is 18.4. The van der Waals surface area contributed by atoms with E-state index < -0.39 is 6.03 Å². The zero-order valence-electron chi connectivity index (χ0n) is 21.8. The maximum Gasteiger partial charge on any atom is 0.323 e. The van der Waals surface area contributed by atoms with Crippen LogP contribution in [0.15, 0.2) is 78.0 Å². The first-order valence-electron chi connectivity index (χ1n) is 12.6. The number of aromatic hydroxyl groups is 1. The van der Waals surface area contributed by atoms with Crippen molar-refractivity contribution < 1.29 is 14.6 Å². The summed E-state index contributed by atoms with van der Waals surface area (Å²) in [5, 5.41) is 16.4. The summed E-state index contributed by atoms with van der Waals surface area (Å²) < 4.78 is 7.48. The molecule has 0 atom stereocenters. The maximum atomic E-state index is 13.5. The molecule has 4 aromatic rings. The fourth-order valence-electron chi connectivity index (χ4n) is 4.16. The molecule has 38 heavy (non-hydrogen) atoms. The number of phenols is 1. The molecule has 0 unspecified atom stereocenters. The number of ether oxygens (including phenoxy) is 1. The number of rotatable bonds is 9. The van der Waals surface area contributed by atoms with E-state index in [1.54, 1.807) is 41.4 Å². The third-order valence-electron chi connectivity index (χ3n) is 6.26. The smallest absolute Gasteiger partial charge is 0.323 e. The molecular weight excluding hydrogens is 480 g/mol. The third-order valence-corrected chi connectivity index (χ3v) is 6.26. The van der Waals surface area contributed by atoms with Gasteiger partial charge in [-0.15, -0.1) is 0 Å². The maximum absolute atomic E-state index is 13.5. The molecule has 0 fully saturated rings. The van der Waals surface area contributed by atoms with Crippen molar-refractivity contribution in [2.24, 2.45) is 0 Å². The minimum atomic E-state index is -0.544. The molecule has 0 saturated carbocycles. The summed E-state index contributed by atoms with van der Waals surface area (Å²) in [6, 6.07) is 15.5. The van der Waals surface area contributed by atoms with E-state index in [0.717, 1.165) is 29.5 Å². The molecule has 2 amide bonds. The Bertz CT molecular complexity index is 1460. The van der Waals surface area contributed by atoms with E-state index in [9.17, 15) is 14.7 Å². The van der Waals surface area contributed by atoms with Crippen molar-refractivity contribution in [3.63, 3.8) is 0 Å². The molecule has 2 aromatic heterocycles. The van der Waals surface area contributed by atoms with Crippen LogP contribution in [0.5, 0.6) is 11.5 Å². The van der Waals surface area contributed by atoms with E-state index in [1.807, 2.05) is 51.1 Å². The normalized spacial score (nSPS) is 10.7. The highest BCUT2D eigenvalue weighted by Crippen LogP contribution is 2.36. The van der Waals surface area contributed by atoms with Gasteiger partial charge in [-0.2, -0.15) is 0 Å². The predicted octanol–water partition coefficient (Wildman–Crippen LogP) is 6.26. The molecule has 2 aromatic carbocycles. The van der Waals surface area contributed by atoms with Gasteiger partial charge >= 0.3 is 6.03 Å². The first-order valence-corrected chi connectivity index (χ1v) is 12.6. The number of carbonyl (C=O) groups is 1. The average molecular weight is 513 g/mol. The number of pyridine rings is 2. The molecule has 0 bridgehead atoms. The van der Waals surface area contributed by atoms with Crippen LogP contribution >= 0.6 is 0 Å². The number of hydrogen-bond acceptors (Lipinski definition) is 5. The van der Waals surface area contributed by atoms with Crippen molar-refractivity contribution in [2.45, 2.75) is 46.8 Å². The number of anilines is 2. The molecule has 0 aliphatic carbocycles. The fourth-order valence-corrected chi connectivity index (χ4v) is 4.16. The number of carbonyl (C=O) groups excluding carboxylic acids is 1. The number of nitrogens with one attached hydrogen (secondary N) is 2. The van der Waals surface area contributed by atoms with Crippen molar-refractivity contribution in [3.05, 3.63) is 100 Å². The molecule has 8 heteroatoms. The lowest BCUT2D eigenvalue weighted by atomic mass is 10.0. The molecule has 0 aliphatic rings. The lowest BCUT2D eigenvalue weighted by molar-refractivity contribution is 0.262. The summed E-state index contributed by atoms with van der Waals surface area (Å²) in [7, 11) is 0. The van der Waals surface area contributed by atoms with Gasteiger partial charge in [-0.25, -0.2) is 4.79 Å². The highest BCUT2D eigenvalue weighted by atomic mass is 16.5. The number of hydrogen-bond donors (Lipinski definition) is 3. The molecular formula is C30H32N4O4. The van der Waals surface area contributed by atoms with Gasteiger partial charge in [0.05, 0.1) is 0 Å². The number of phenolic OH excluding ortho intramolecular Hbond substituents is 1. The minimum absolute atomic E-state index is 0.0392. The van der Waals surface area contributed by atoms with Crippen molar-refractivity contribution >= 4 is 17.4 Å². The van der Waals surface area contributed by atoms with E-state index in [-0.39, 0.29) is 17.0 Å². The van der Waals surface area contributed by atoms with Crippen molar-refractivity contribution in [2.75, 3.05) is 10.6 Å². The second-order valence-corrected chi connectivity index (χ2v) is 9.13. The van der Waals surface area contributed by atoms with E-state index in [0.29, 0.717) is 35.7 Å². The number of aromatic nitrogens is 2. The zero-order valence-corrected chi connectivity index (χ0v) is 21.8. The summed E-state index contributed by atoms with van der Waals surface area (Å²) in [6.45, 7) is 6.67. The Labute approximate surface area is 222 Å². The summed E-state index contributed by atoms with van der Waals surface area (Å²) in [5.74, 6) is 0.463. The Kier molecular flexibility index (Phi) is 8.43. The van der Waals surface area contributed by atoms with Crippen LogP contribution in [0.2, 0.25) is 0 Å². The van der Waals surface area contributed by atoms with E-state index in [2.05, 4.69) is 15.6 Å². The summed E-state index contributed by atoms with van der Waals surface area (Å²) >= 11 is 0. The Morgan fingerprint density at radius 2 is 1.76 bits per heavy atom. The second kappa shape index (κ2) is 12.1. The van der Waals surface area contributed by atoms with Gasteiger partial charge in [0.2, 0.25) is 0 Å². The van der Waals surface area contributed by atoms with Crippen LogP contribution < -0.4 is 20.9 Å². The molecule has 196 valence electrons. The fraction of sp³-hybridized carbons (Fsp3) is 0.233. The molecule has 0 radical (unpaired) electrons. The van der Waals surface area contributed by atoms with Crippen molar-refractivity contribution in [1.82, 2.24) is 9.55 Å². The Balaban J connectivity index is 1.69. The van der Waals surface area contributed by atoms with Crippen LogP contribution in [0, 0.1) is 13.8 Å². The summed E-state index contributed by atoms with van der Waals surface area (Å²) in [4.78, 5) is 30.7. The van der Waals surface area contributed by atoms with Gasteiger partial charge in [0.15, 0.2) is 0 Å². The quantitative estimate of drug-likeness (QED) is 0.246. The van der Waals surface area contributed by atoms with E-state index in [1.165, 1.54) is 6.07 Å². The molecule has 3 N–H and O–H groups in total. The monoisotopic (exact) mass is 512 g/mol. The molecule has 8 nitrogen and oxygen atoms in total. The van der Waals surface area contributed by atoms with Gasteiger partial charge in [0.1, 0.15) is 23.8 Å². The number of para-hydroxylation sites is 1. The van der Waals surface area contributed by atoms with Gasteiger partial charge in [-0.3, -0.25) is 9.78 Å². The van der Waals surface area contributed by atoms with Crippen LogP contribution in [0.1, 0.15) is 36.5 Å². The molecule has 2 heterocycles. The van der Waals surface area contributed by atoms with Crippen molar-refractivity contribution in [3.8, 4) is 22.6 Å². The highest BCUT2D eigenvalue weighted by molar-refractivity contribution is 6.03. The van der Waals surface area contributed by atoms with Crippen LogP contribution in [0.25, 0.3) is 11.1 Å². The Hall–Kier alpha value is -4.59. The van der Waals surface area contributed by atoms with Gasteiger partial charge in [-0.05, 0) is 61.7 Å². The lowest BCUT2D eigenvalue weighted by Gasteiger charge is -2.17. The van der Waals surface area contributed by atoms with E-state index >= 15 is 0 Å². The van der Waals surface area contributed by atoms with Crippen LogP contribution in [-0.4, -0.2) is 20.7 Å². The van der Waals surface area contributed by atoms with Gasteiger partial charge in [0.25, 0.3) is 5.56 Å². The van der Waals surface area contributed by atoms with Gasteiger partial charge < -0.3 is 25.0 Å². The second-order valence-electron chi connectivity index (χ2n) is 9.13. The average Bonchev–Trinajstić information content (AvgIpc) is 2.91. The van der Waals surface area contributed by atoms with Crippen LogP contribution in [0.3, 0.4) is 0 Å². The number of aryl methyl sites for hydroxylation is 3. The predicted molar refractivity (Wildman–Crippen MR) is 150 cm³/mol. The zero-order chi connectivity index (χ0) is 27.1. The van der Waals surface area contributed by atoms with Crippen LogP contribution in [0.4, 0.5) is 16.2 Å². The SMILES string of the molecule is CCCCn1ccc(-c2cc(OCc3cccnc3)ccc2O)c(NC(=O)Nc2c(C)cccc2C)c1=O. The van der Waals surface area contributed by atoms with Crippen molar-refractivity contribution in [1.29, 1.82) is 0 Å². The molecule has 0 spiro atoms. The van der Waals surface area contributed by atoms with Crippen LogP contribution in [-0.2, 0) is 13.2 Å². The minimum Gasteiger partial charge on any atom is -0.507 e. The summed E-state index contributed by atoms with van der Waals surface area (Å²) in [6.07, 6.45) is 6.83. The number of nitrogens with zero attached hydrogens (tertiary/aromatic N) is 2.